The van der Waals surface area contributed by atoms with E-state index in [9.17, 15) is 4.79 Å². The predicted molar refractivity (Wildman–Crippen MR) is 83.6 cm³/mol. The Balaban J connectivity index is 2.50. The molecule has 0 atom stereocenters. The molecule has 0 fully saturated rings. The molecular formula is C13H19N5OS. The van der Waals surface area contributed by atoms with Crippen molar-refractivity contribution in [3.05, 3.63) is 35.4 Å². The third kappa shape index (κ3) is 5.31. The van der Waals surface area contributed by atoms with E-state index >= 15 is 0 Å². The lowest BCUT2D eigenvalue weighted by Crippen LogP contribution is -2.28. The normalized spacial score (nSPS) is 9.90. The number of amidine groups is 1. The Kier molecular flexibility index (Phi) is 6.05. The zero-order valence-electron chi connectivity index (χ0n) is 11.6. The van der Waals surface area contributed by atoms with Crippen molar-refractivity contribution in [3.63, 3.8) is 0 Å². The molecule has 0 spiro atoms. The van der Waals surface area contributed by atoms with Crippen LogP contribution in [0.15, 0.2) is 29.3 Å². The van der Waals surface area contributed by atoms with E-state index in [-0.39, 0.29) is 22.8 Å². The summed E-state index contributed by atoms with van der Waals surface area (Å²) >= 11 is 1.00. The summed E-state index contributed by atoms with van der Waals surface area (Å²) < 4.78 is 0. The highest BCUT2D eigenvalue weighted by Gasteiger charge is 2.11. The first-order chi connectivity index (χ1) is 9.40. The highest BCUT2D eigenvalue weighted by molar-refractivity contribution is 8.14. The number of thioether (sulfide) groups is 1. The van der Waals surface area contributed by atoms with Crippen molar-refractivity contribution in [2.45, 2.75) is 13.5 Å². The average Bonchev–Trinajstić information content (AvgIpc) is 2.37. The minimum Gasteiger partial charge on any atom is -0.370 e. The van der Waals surface area contributed by atoms with Crippen molar-refractivity contribution >= 4 is 28.8 Å². The maximum Gasteiger partial charge on any atom is 0.233 e. The first kappa shape index (κ1) is 16.0. The molecule has 0 unspecified atom stereocenters. The molecule has 0 aliphatic heterocycles. The lowest BCUT2D eigenvalue weighted by molar-refractivity contribution is -0.127. The molecule has 0 heterocycles. The Hall–Kier alpha value is -2.02. The van der Waals surface area contributed by atoms with Gasteiger partial charge in [-0.15, -0.1) is 0 Å². The molecule has 0 aliphatic carbocycles. The maximum absolute atomic E-state index is 11.9. The summed E-state index contributed by atoms with van der Waals surface area (Å²) in [4.78, 5) is 17.1. The molecule has 0 aliphatic rings. The highest BCUT2D eigenvalue weighted by atomic mass is 32.2. The second-order valence-corrected chi connectivity index (χ2v) is 5.27. The first-order valence-electron chi connectivity index (χ1n) is 5.99. The average molecular weight is 293 g/mol. The van der Waals surface area contributed by atoms with Crippen molar-refractivity contribution in [1.82, 2.24) is 4.90 Å². The van der Waals surface area contributed by atoms with Gasteiger partial charge in [0.25, 0.3) is 0 Å². The predicted octanol–water partition coefficient (Wildman–Crippen LogP) is 0.895. The molecule has 0 saturated carbocycles. The van der Waals surface area contributed by atoms with Gasteiger partial charge in [-0.3, -0.25) is 10.2 Å². The van der Waals surface area contributed by atoms with Gasteiger partial charge in [-0.05, 0) is 18.1 Å². The zero-order valence-corrected chi connectivity index (χ0v) is 12.4. The molecule has 7 heteroatoms. The summed E-state index contributed by atoms with van der Waals surface area (Å²) in [7, 11) is 1.74. The Morgan fingerprint density at radius 2 is 2.05 bits per heavy atom. The SMILES string of the molecule is Cc1ccccc1CN(C)C(=O)CSC(=N)N=C(N)N. The summed E-state index contributed by atoms with van der Waals surface area (Å²) in [6.45, 7) is 2.55. The molecule has 6 nitrogen and oxygen atoms in total. The standard InChI is InChI=1S/C13H19N5OS/c1-9-5-3-4-6-10(9)7-18(2)11(19)8-20-13(16)17-12(14)15/h3-6H,7-8H2,1-2H3,(H5,14,15,16,17). The molecule has 0 bridgehead atoms. The number of nitrogens with zero attached hydrogens (tertiary/aromatic N) is 2. The number of carbonyl (C=O) groups excluding carboxylic acids is 1. The van der Waals surface area contributed by atoms with E-state index in [2.05, 4.69) is 4.99 Å². The third-order valence-electron chi connectivity index (χ3n) is 2.66. The number of aryl methyl sites for hydroxylation is 1. The summed E-state index contributed by atoms with van der Waals surface area (Å²) in [6.07, 6.45) is 0. The van der Waals surface area contributed by atoms with Gasteiger partial charge < -0.3 is 16.4 Å². The van der Waals surface area contributed by atoms with Crippen LogP contribution >= 0.6 is 11.8 Å². The van der Waals surface area contributed by atoms with Gasteiger partial charge in [0.15, 0.2) is 11.1 Å². The Labute approximate surface area is 122 Å². The van der Waals surface area contributed by atoms with Gasteiger partial charge in [0.05, 0.1) is 5.75 Å². The zero-order chi connectivity index (χ0) is 15.1. The van der Waals surface area contributed by atoms with Crippen LogP contribution in [0, 0.1) is 12.3 Å². The van der Waals surface area contributed by atoms with Gasteiger partial charge in [-0.2, -0.15) is 4.99 Å². The van der Waals surface area contributed by atoms with Gasteiger partial charge in [0.2, 0.25) is 5.91 Å². The summed E-state index contributed by atoms with van der Waals surface area (Å²) in [5, 5.41) is 7.39. The fourth-order valence-corrected chi connectivity index (χ4v) is 2.17. The summed E-state index contributed by atoms with van der Waals surface area (Å²) in [5.41, 5.74) is 12.6. The minimum atomic E-state index is -0.178. The van der Waals surface area contributed by atoms with Crippen molar-refractivity contribution in [2.24, 2.45) is 16.5 Å². The Morgan fingerprint density at radius 1 is 1.40 bits per heavy atom. The molecule has 5 N–H and O–H groups in total. The van der Waals surface area contributed by atoms with E-state index in [1.165, 1.54) is 0 Å². The topological polar surface area (TPSA) is 109 Å². The third-order valence-corrected chi connectivity index (χ3v) is 3.41. The number of rotatable bonds is 4. The number of aliphatic imine (C=N–C) groups is 1. The van der Waals surface area contributed by atoms with E-state index in [0.29, 0.717) is 6.54 Å². The summed E-state index contributed by atoms with van der Waals surface area (Å²) in [6, 6.07) is 7.92. The molecule has 20 heavy (non-hydrogen) atoms. The lowest BCUT2D eigenvalue weighted by atomic mass is 10.1. The number of amides is 1. The van der Waals surface area contributed by atoms with Crippen molar-refractivity contribution in [3.8, 4) is 0 Å². The number of benzene rings is 1. The molecule has 1 aromatic rings. The number of hydrogen-bond donors (Lipinski definition) is 3. The van der Waals surface area contributed by atoms with E-state index in [1.807, 2.05) is 31.2 Å². The van der Waals surface area contributed by atoms with Crippen LogP contribution in [0.2, 0.25) is 0 Å². The van der Waals surface area contributed by atoms with Gasteiger partial charge in [0, 0.05) is 13.6 Å². The number of hydrogen-bond acceptors (Lipinski definition) is 3. The van der Waals surface area contributed by atoms with Gasteiger partial charge in [-0.25, -0.2) is 0 Å². The van der Waals surface area contributed by atoms with E-state index in [0.717, 1.165) is 22.9 Å². The second-order valence-electron chi connectivity index (χ2n) is 4.31. The number of guanidine groups is 1. The van der Waals surface area contributed by atoms with Crippen LogP contribution in [0.3, 0.4) is 0 Å². The highest BCUT2D eigenvalue weighted by Crippen LogP contribution is 2.11. The molecule has 1 amide bonds. The molecule has 0 saturated heterocycles. The molecular weight excluding hydrogens is 274 g/mol. The van der Waals surface area contributed by atoms with Crippen LogP contribution in [0.1, 0.15) is 11.1 Å². The fourth-order valence-electron chi connectivity index (χ4n) is 1.52. The largest absolute Gasteiger partial charge is 0.370 e. The van der Waals surface area contributed by atoms with E-state index in [1.54, 1.807) is 11.9 Å². The number of nitrogens with two attached hydrogens (primary N) is 2. The van der Waals surface area contributed by atoms with Crippen LogP contribution in [-0.2, 0) is 11.3 Å². The lowest BCUT2D eigenvalue weighted by Gasteiger charge is -2.18. The van der Waals surface area contributed by atoms with Crippen LogP contribution in [0.5, 0.6) is 0 Å². The monoisotopic (exact) mass is 293 g/mol. The first-order valence-corrected chi connectivity index (χ1v) is 6.98. The molecule has 108 valence electrons. The van der Waals surface area contributed by atoms with Crippen LogP contribution in [0.25, 0.3) is 0 Å². The fraction of sp³-hybridized carbons (Fsp3) is 0.308. The maximum atomic E-state index is 11.9. The number of carbonyl (C=O) groups is 1. The van der Waals surface area contributed by atoms with Gasteiger partial charge >= 0.3 is 0 Å². The molecule has 1 aromatic carbocycles. The van der Waals surface area contributed by atoms with Crippen LogP contribution in [-0.4, -0.2) is 34.7 Å². The van der Waals surface area contributed by atoms with Gasteiger partial charge in [-0.1, -0.05) is 36.0 Å². The molecule has 1 rings (SSSR count). The van der Waals surface area contributed by atoms with Crippen molar-refractivity contribution in [1.29, 1.82) is 5.41 Å². The summed E-state index contributed by atoms with van der Waals surface area (Å²) in [5.74, 6) is -0.116. The second kappa shape index (κ2) is 7.54. The molecule has 0 aromatic heterocycles. The van der Waals surface area contributed by atoms with Crippen LogP contribution < -0.4 is 11.5 Å². The molecule has 0 radical (unpaired) electrons. The Morgan fingerprint density at radius 3 is 2.65 bits per heavy atom. The Bertz CT molecular complexity index is 525. The van der Waals surface area contributed by atoms with E-state index in [4.69, 9.17) is 16.9 Å². The van der Waals surface area contributed by atoms with Crippen molar-refractivity contribution in [2.75, 3.05) is 12.8 Å². The quantitative estimate of drug-likeness (QED) is 0.566. The number of nitrogens with one attached hydrogen (secondary N) is 1. The van der Waals surface area contributed by atoms with E-state index < -0.39 is 0 Å². The van der Waals surface area contributed by atoms with Crippen molar-refractivity contribution < 1.29 is 4.79 Å². The minimum absolute atomic E-state index is 0.0670. The smallest absolute Gasteiger partial charge is 0.233 e. The van der Waals surface area contributed by atoms with Crippen LogP contribution in [0.4, 0.5) is 0 Å². The van der Waals surface area contributed by atoms with Gasteiger partial charge in [0.1, 0.15) is 0 Å².